The summed E-state index contributed by atoms with van der Waals surface area (Å²) in [5, 5.41) is 15.7. The maximum Gasteiger partial charge on any atom is 0.357 e. The number of carbonyl (C=O) groups is 2. The summed E-state index contributed by atoms with van der Waals surface area (Å²) in [6, 6.07) is 0.102. The van der Waals surface area contributed by atoms with E-state index in [0.717, 1.165) is 25.9 Å². The molecule has 2 heterocycles. The first kappa shape index (κ1) is 13.5. The van der Waals surface area contributed by atoms with Crippen molar-refractivity contribution < 1.29 is 14.7 Å². The summed E-state index contributed by atoms with van der Waals surface area (Å²) in [6.07, 6.45) is 3.20. The van der Waals surface area contributed by atoms with Crippen LogP contribution in [0.1, 0.15) is 33.7 Å². The first-order chi connectivity index (χ1) is 8.97. The van der Waals surface area contributed by atoms with Crippen LogP contribution in [-0.2, 0) is 7.05 Å². The Morgan fingerprint density at radius 1 is 1.37 bits per heavy atom. The number of aromatic nitrogens is 2. The number of nitrogens with one attached hydrogen (secondary N) is 1. The standard InChI is InChI=1S/C12H18N4O3/c1-15-5-3-8(4-6-15)13-11(17)9-7-16(2)14-10(9)12(18)19/h7-8H,3-6H2,1-2H3,(H,13,17)(H,18,19). The van der Waals surface area contributed by atoms with E-state index in [1.165, 1.54) is 10.9 Å². The van der Waals surface area contributed by atoms with Crippen molar-refractivity contribution in [2.45, 2.75) is 18.9 Å². The van der Waals surface area contributed by atoms with E-state index in [1.807, 2.05) is 7.05 Å². The van der Waals surface area contributed by atoms with Crippen LogP contribution in [0, 0.1) is 0 Å². The molecule has 0 radical (unpaired) electrons. The van der Waals surface area contributed by atoms with Gasteiger partial charge in [-0.15, -0.1) is 0 Å². The van der Waals surface area contributed by atoms with E-state index in [-0.39, 0.29) is 23.2 Å². The number of hydrogen-bond acceptors (Lipinski definition) is 4. The molecule has 1 aromatic heterocycles. The molecule has 104 valence electrons. The Morgan fingerprint density at radius 3 is 2.58 bits per heavy atom. The average Bonchev–Trinajstić information content (AvgIpc) is 2.74. The van der Waals surface area contributed by atoms with Crippen LogP contribution in [0.2, 0.25) is 0 Å². The van der Waals surface area contributed by atoms with Crippen molar-refractivity contribution in [1.29, 1.82) is 0 Å². The zero-order valence-corrected chi connectivity index (χ0v) is 11.1. The quantitative estimate of drug-likeness (QED) is 0.800. The van der Waals surface area contributed by atoms with Gasteiger partial charge in [0.1, 0.15) is 0 Å². The lowest BCUT2D eigenvalue weighted by atomic mass is 10.1. The summed E-state index contributed by atoms with van der Waals surface area (Å²) in [5.41, 5.74) is -0.0816. The molecule has 0 bridgehead atoms. The molecule has 7 heteroatoms. The van der Waals surface area contributed by atoms with E-state index >= 15 is 0 Å². The molecule has 1 fully saturated rings. The molecule has 1 aliphatic heterocycles. The number of aromatic carboxylic acids is 1. The molecule has 1 aliphatic rings. The second-order valence-electron chi connectivity index (χ2n) is 4.92. The largest absolute Gasteiger partial charge is 0.476 e. The number of piperidine rings is 1. The Balaban J connectivity index is 2.06. The van der Waals surface area contributed by atoms with Gasteiger partial charge in [0.15, 0.2) is 5.69 Å². The van der Waals surface area contributed by atoms with Gasteiger partial charge in [0, 0.05) is 19.3 Å². The Labute approximate surface area is 111 Å². The predicted octanol–water partition coefficient (Wildman–Crippen LogP) is -0.0577. The Kier molecular flexibility index (Phi) is 3.84. The molecule has 2 N–H and O–H groups in total. The summed E-state index contributed by atoms with van der Waals surface area (Å²) in [6.45, 7) is 1.87. The van der Waals surface area contributed by atoms with Crippen molar-refractivity contribution in [2.75, 3.05) is 20.1 Å². The van der Waals surface area contributed by atoms with Crippen LogP contribution in [0.25, 0.3) is 0 Å². The fourth-order valence-electron chi connectivity index (χ4n) is 2.23. The lowest BCUT2D eigenvalue weighted by Crippen LogP contribution is -2.43. The van der Waals surface area contributed by atoms with E-state index in [9.17, 15) is 9.59 Å². The zero-order valence-electron chi connectivity index (χ0n) is 11.1. The molecule has 0 saturated carbocycles. The Bertz CT molecular complexity index is 489. The summed E-state index contributed by atoms with van der Waals surface area (Å²) in [5.74, 6) is -1.55. The number of hydrogen-bond donors (Lipinski definition) is 2. The molecule has 0 atom stereocenters. The highest BCUT2D eigenvalue weighted by atomic mass is 16.4. The lowest BCUT2D eigenvalue weighted by Gasteiger charge is -2.29. The second-order valence-corrected chi connectivity index (χ2v) is 4.92. The van der Waals surface area contributed by atoms with Gasteiger partial charge in [0.2, 0.25) is 0 Å². The first-order valence-corrected chi connectivity index (χ1v) is 6.23. The predicted molar refractivity (Wildman–Crippen MR) is 68.2 cm³/mol. The van der Waals surface area contributed by atoms with Gasteiger partial charge in [0.05, 0.1) is 5.56 Å². The van der Waals surface area contributed by atoms with Gasteiger partial charge in [-0.1, -0.05) is 0 Å². The SMILES string of the molecule is CN1CCC(NC(=O)c2cn(C)nc2C(=O)O)CC1. The van der Waals surface area contributed by atoms with Crippen LogP contribution < -0.4 is 5.32 Å². The highest BCUT2D eigenvalue weighted by Crippen LogP contribution is 2.11. The number of aryl methyl sites for hydroxylation is 1. The van der Waals surface area contributed by atoms with Gasteiger partial charge in [-0.3, -0.25) is 9.48 Å². The minimum absolute atomic E-state index is 0.102. The van der Waals surface area contributed by atoms with Gasteiger partial charge in [-0.25, -0.2) is 4.79 Å². The van der Waals surface area contributed by atoms with Crippen molar-refractivity contribution in [1.82, 2.24) is 20.0 Å². The highest BCUT2D eigenvalue weighted by molar-refractivity contribution is 6.03. The van der Waals surface area contributed by atoms with Crippen LogP contribution in [0.15, 0.2) is 6.20 Å². The maximum atomic E-state index is 12.1. The first-order valence-electron chi connectivity index (χ1n) is 6.23. The fraction of sp³-hybridized carbons (Fsp3) is 0.583. The number of nitrogens with zero attached hydrogens (tertiary/aromatic N) is 3. The van der Waals surface area contributed by atoms with Gasteiger partial charge >= 0.3 is 5.97 Å². The fourth-order valence-corrected chi connectivity index (χ4v) is 2.23. The minimum Gasteiger partial charge on any atom is -0.476 e. The molecule has 7 nitrogen and oxygen atoms in total. The number of likely N-dealkylation sites (tertiary alicyclic amines) is 1. The molecule has 1 amide bonds. The molecule has 1 aromatic rings. The smallest absolute Gasteiger partial charge is 0.357 e. The zero-order chi connectivity index (χ0) is 14.0. The minimum atomic E-state index is -1.19. The monoisotopic (exact) mass is 266 g/mol. The summed E-state index contributed by atoms with van der Waals surface area (Å²) < 4.78 is 1.34. The Morgan fingerprint density at radius 2 is 2.00 bits per heavy atom. The number of rotatable bonds is 3. The number of amides is 1. The number of carbonyl (C=O) groups excluding carboxylic acids is 1. The Hall–Kier alpha value is -1.89. The van der Waals surface area contributed by atoms with Gasteiger partial charge in [-0.2, -0.15) is 5.10 Å². The molecular formula is C12H18N4O3. The van der Waals surface area contributed by atoms with E-state index in [1.54, 1.807) is 7.05 Å². The molecule has 19 heavy (non-hydrogen) atoms. The second kappa shape index (κ2) is 5.40. The third-order valence-electron chi connectivity index (χ3n) is 3.33. The molecule has 0 aliphatic carbocycles. The molecular weight excluding hydrogens is 248 g/mol. The van der Waals surface area contributed by atoms with E-state index in [2.05, 4.69) is 15.3 Å². The van der Waals surface area contributed by atoms with Crippen molar-refractivity contribution in [3.63, 3.8) is 0 Å². The van der Waals surface area contributed by atoms with Gasteiger partial charge in [0.25, 0.3) is 5.91 Å². The van der Waals surface area contributed by atoms with Crippen molar-refractivity contribution in [3.05, 3.63) is 17.5 Å². The highest BCUT2D eigenvalue weighted by Gasteiger charge is 2.24. The molecule has 2 rings (SSSR count). The van der Waals surface area contributed by atoms with Crippen LogP contribution >= 0.6 is 0 Å². The van der Waals surface area contributed by atoms with Crippen LogP contribution in [0.4, 0.5) is 0 Å². The normalized spacial score (nSPS) is 17.4. The summed E-state index contributed by atoms with van der Waals surface area (Å²) in [7, 11) is 3.64. The van der Waals surface area contributed by atoms with Crippen LogP contribution in [0.5, 0.6) is 0 Å². The summed E-state index contributed by atoms with van der Waals surface area (Å²) >= 11 is 0. The van der Waals surface area contributed by atoms with E-state index in [4.69, 9.17) is 5.11 Å². The average molecular weight is 266 g/mol. The third kappa shape index (κ3) is 3.11. The molecule has 0 aromatic carbocycles. The van der Waals surface area contributed by atoms with E-state index < -0.39 is 5.97 Å². The molecule has 0 spiro atoms. The van der Waals surface area contributed by atoms with Crippen molar-refractivity contribution >= 4 is 11.9 Å². The number of carboxylic acid groups (broad SMARTS) is 1. The number of carboxylic acids is 1. The third-order valence-corrected chi connectivity index (χ3v) is 3.33. The topological polar surface area (TPSA) is 87.5 Å². The molecule has 1 saturated heterocycles. The summed E-state index contributed by atoms with van der Waals surface area (Å²) in [4.78, 5) is 25.3. The van der Waals surface area contributed by atoms with Crippen molar-refractivity contribution in [3.8, 4) is 0 Å². The van der Waals surface area contributed by atoms with Gasteiger partial charge in [-0.05, 0) is 33.0 Å². The lowest BCUT2D eigenvalue weighted by molar-refractivity contribution is 0.0683. The van der Waals surface area contributed by atoms with Crippen LogP contribution in [-0.4, -0.2) is 57.8 Å². The van der Waals surface area contributed by atoms with Crippen molar-refractivity contribution in [2.24, 2.45) is 7.05 Å². The molecule has 0 unspecified atom stereocenters. The van der Waals surface area contributed by atoms with Gasteiger partial charge < -0.3 is 15.3 Å². The van der Waals surface area contributed by atoms with E-state index in [0.29, 0.717) is 0 Å². The van der Waals surface area contributed by atoms with Crippen LogP contribution in [0.3, 0.4) is 0 Å². The maximum absolute atomic E-state index is 12.1.